The number of aryl methyl sites for hydroxylation is 1. The van der Waals surface area contributed by atoms with E-state index in [9.17, 15) is 9.59 Å². The maximum atomic E-state index is 14.1. The Morgan fingerprint density at radius 3 is 2.40 bits per heavy atom. The Bertz CT molecular complexity index is 1310. The fourth-order valence-corrected chi connectivity index (χ4v) is 8.98. The normalized spacial score (nSPS) is 22.2. The molecule has 246 valence electrons. The van der Waals surface area contributed by atoms with Crippen molar-refractivity contribution in [3.8, 4) is 0 Å². The minimum absolute atomic E-state index is 0.0198. The third-order valence-corrected chi connectivity index (χ3v) is 11.9. The molecular formula is C34H50ClN7O2S. The largest absolute Gasteiger partial charge is 0.397 e. The molecule has 0 aliphatic carbocycles. The number of hydrogen-bond acceptors (Lipinski definition) is 7. The fraction of sp³-hybridized carbons (Fsp3) is 0.647. The molecule has 0 bridgehead atoms. The molecule has 3 amide bonds. The van der Waals surface area contributed by atoms with Crippen LogP contribution in [0.15, 0.2) is 22.9 Å². The molecule has 0 unspecified atom stereocenters. The molecule has 0 saturated carbocycles. The predicted molar refractivity (Wildman–Crippen MR) is 184 cm³/mol. The number of rotatable bonds is 8. The van der Waals surface area contributed by atoms with Gasteiger partial charge in [0.15, 0.2) is 0 Å². The Hall–Kier alpha value is -2.37. The lowest BCUT2D eigenvalue weighted by Crippen LogP contribution is -2.54. The number of carbonyl (C=O) groups excluding carboxylic acids is 2. The monoisotopic (exact) mass is 655 g/mol. The van der Waals surface area contributed by atoms with E-state index in [1.807, 2.05) is 23.3 Å². The van der Waals surface area contributed by atoms with Gasteiger partial charge in [0.05, 0.1) is 22.4 Å². The number of amides is 3. The van der Waals surface area contributed by atoms with Crippen molar-refractivity contribution in [2.75, 3.05) is 70.6 Å². The molecule has 11 heteroatoms. The van der Waals surface area contributed by atoms with Crippen molar-refractivity contribution < 1.29 is 9.59 Å². The van der Waals surface area contributed by atoms with Crippen LogP contribution in [0.5, 0.6) is 0 Å². The van der Waals surface area contributed by atoms with Crippen molar-refractivity contribution in [2.45, 2.75) is 70.4 Å². The Morgan fingerprint density at radius 2 is 1.71 bits per heavy atom. The summed E-state index contributed by atoms with van der Waals surface area (Å²) in [6.07, 6.45) is 8.09. The quantitative estimate of drug-likeness (QED) is 0.351. The van der Waals surface area contributed by atoms with Crippen molar-refractivity contribution in [3.63, 3.8) is 0 Å². The zero-order valence-corrected chi connectivity index (χ0v) is 28.5. The van der Waals surface area contributed by atoms with Crippen LogP contribution in [-0.2, 0) is 17.6 Å². The molecule has 6 rings (SSSR count). The minimum atomic E-state index is -0.336. The number of halogens is 1. The number of fused-ring (bicyclic) bond motifs is 1. The predicted octanol–water partition coefficient (Wildman–Crippen LogP) is 4.89. The molecule has 3 saturated heterocycles. The molecule has 9 nitrogen and oxygen atoms in total. The fourth-order valence-electron chi connectivity index (χ4n) is 7.87. The summed E-state index contributed by atoms with van der Waals surface area (Å²) in [5.74, 6) is 1.71. The van der Waals surface area contributed by atoms with Crippen LogP contribution < -0.4 is 16.4 Å². The van der Waals surface area contributed by atoms with Gasteiger partial charge < -0.3 is 25.8 Å². The lowest BCUT2D eigenvalue weighted by molar-refractivity contribution is -0.135. The molecule has 4 aliphatic heterocycles. The van der Waals surface area contributed by atoms with Crippen molar-refractivity contribution in [1.82, 2.24) is 24.9 Å². The smallest absolute Gasteiger partial charge is 0.322 e. The molecule has 45 heavy (non-hydrogen) atoms. The van der Waals surface area contributed by atoms with Crippen LogP contribution in [0.4, 0.5) is 16.2 Å². The number of nitrogens with two attached hydrogens (primary N) is 1. The van der Waals surface area contributed by atoms with Crippen molar-refractivity contribution in [1.29, 1.82) is 0 Å². The number of nitrogens with one attached hydrogen (secondary N) is 2. The second-order valence-corrected chi connectivity index (χ2v) is 14.9. The molecule has 0 radical (unpaired) electrons. The Labute approximate surface area is 277 Å². The number of urea groups is 1. The summed E-state index contributed by atoms with van der Waals surface area (Å²) in [7, 11) is 2.22. The van der Waals surface area contributed by atoms with Gasteiger partial charge in [-0.05, 0) is 118 Å². The van der Waals surface area contributed by atoms with Crippen LogP contribution in [0.25, 0.3) is 0 Å². The number of hydrogen-bond donors (Lipinski definition) is 3. The van der Waals surface area contributed by atoms with Crippen molar-refractivity contribution in [3.05, 3.63) is 44.6 Å². The Morgan fingerprint density at radius 1 is 1.02 bits per heavy atom. The summed E-state index contributed by atoms with van der Waals surface area (Å²) in [6.45, 7) is 9.20. The van der Waals surface area contributed by atoms with E-state index in [0.29, 0.717) is 23.8 Å². The first-order valence-corrected chi connectivity index (χ1v) is 18.2. The molecule has 1 atom stereocenters. The van der Waals surface area contributed by atoms with Gasteiger partial charge >= 0.3 is 6.03 Å². The van der Waals surface area contributed by atoms with E-state index in [2.05, 4.69) is 43.8 Å². The number of likely N-dealkylation sites (tertiary alicyclic amines) is 3. The SMILES string of the molecule is Cc1cc(C[C@@H](NCN2CCC(N3CCc4cscc4NC3=O)CC2)C(=O)N2CCC(C3CCN(C)CC3)CC2)cc(Cl)c1N. The van der Waals surface area contributed by atoms with Gasteiger partial charge in [0, 0.05) is 50.8 Å². The molecular weight excluding hydrogens is 606 g/mol. The average molecular weight is 656 g/mol. The molecule has 1 aromatic carbocycles. The molecule has 5 heterocycles. The van der Waals surface area contributed by atoms with E-state index in [1.165, 1.54) is 31.5 Å². The molecule has 4 aliphatic rings. The van der Waals surface area contributed by atoms with Gasteiger partial charge in [-0.2, -0.15) is 0 Å². The van der Waals surface area contributed by atoms with Gasteiger partial charge in [0.25, 0.3) is 0 Å². The first-order chi connectivity index (χ1) is 21.7. The zero-order chi connectivity index (χ0) is 31.5. The summed E-state index contributed by atoms with van der Waals surface area (Å²) in [5, 5.41) is 11.5. The second-order valence-electron chi connectivity index (χ2n) is 13.8. The maximum absolute atomic E-state index is 14.1. The topological polar surface area (TPSA) is 97.2 Å². The maximum Gasteiger partial charge on any atom is 0.322 e. The second kappa shape index (κ2) is 14.6. The zero-order valence-electron chi connectivity index (χ0n) is 26.9. The number of carbonyl (C=O) groups is 2. The molecule has 3 fully saturated rings. The summed E-state index contributed by atoms with van der Waals surface area (Å²) >= 11 is 8.11. The van der Waals surface area contributed by atoms with E-state index >= 15 is 0 Å². The van der Waals surface area contributed by atoms with E-state index in [4.69, 9.17) is 17.3 Å². The minimum Gasteiger partial charge on any atom is -0.397 e. The highest BCUT2D eigenvalue weighted by Crippen LogP contribution is 2.33. The van der Waals surface area contributed by atoms with Crippen molar-refractivity contribution >= 4 is 46.3 Å². The van der Waals surface area contributed by atoms with E-state index in [1.54, 1.807) is 11.3 Å². The van der Waals surface area contributed by atoms with Crippen LogP contribution in [0.2, 0.25) is 5.02 Å². The lowest BCUT2D eigenvalue weighted by Gasteiger charge is -2.41. The van der Waals surface area contributed by atoms with Gasteiger partial charge in [0.1, 0.15) is 0 Å². The third kappa shape index (κ3) is 7.79. The van der Waals surface area contributed by atoms with Crippen LogP contribution in [0.3, 0.4) is 0 Å². The van der Waals surface area contributed by atoms with Gasteiger partial charge in [-0.3, -0.25) is 15.0 Å². The van der Waals surface area contributed by atoms with Crippen LogP contribution in [-0.4, -0.2) is 103 Å². The molecule has 1 aromatic heterocycles. The summed E-state index contributed by atoms with van der Waals surface area (Å²) in [4.78, 5) is 36.0. The van der Waals surface area contributed by atoms with Gasteiger partial charge in [0.2, 0.25) is 5.91 Å². The summed E-state index contributed by atoms with van der Waals surface area (Å²) in [5.41, 5.74) is 10.9. The highest BCUT2D eigenvalue weighted by molar-refractivity contribution is 7.08. The van der Waals surface area contributed by atoms with Crippen molar-refractivity contribution in [2.24, 2.45) is 11.8 Å². The Kier molecular flexibility index (Phi) is 10.6. The van der Waals surface area contributed by atoms with Crippen LogP contribution in [0, 0.1) is 18.8 Å². The lowest BCUT2D eigenvalue weighted by atomic mass is 9.79. The van der Waals surface area contributed by atoms with Gasteiger partial charge in [-0.15, -0.1) is 11.3 Å². The van der Waals surface area contributed by atoms with Crippen LogP contribution >= 0.6 is 22.9 Å². The van der Waals surface area contributed by atoms with E-state index in [0.717, 1.165) is 93.5 Å². The highest BCUT2D eigenvalue weighted by Gasteiger charge is 2.34. The number of thiophene rings is 1. The summed E-state index contributed by atoms with van der Waals surface area (Å²) in [6, 6.07) is 3.89. The molecule has 2 aromatic rings. The molecule has 0 spiro atoms. The van der Waals surface area contributed by atoms with Gasteiger partial charge in [-0.1, -0.05) is 17.7 Å². The summed E-state index contributed by atoms with van der Waals surface area (Å²) < 4.78 is 0. The third-order valence-electron chi connectivity index (χ3n) is 10.8. The van der Waals surface area contributed by atoms with E-state index in [-0.39, 0.29) is 24.0 Å². The number of nitrogen functional groups attached to an aromatic ring is 1. The first kappa shape index (κ1) is 32.6. The van der Waals surface area contributed by atoms with Gasteiger partial charge in [-0.25, -0.2) is 4.79 Å². The van der Waals surface area contributed by atoms with E-state index < -0.39 is 0 Å². The van der Waals surface area contributed by atoms with Crippen LogP contribution in [0.1, 0.15) is 55.2 Å². The number of benzene rings is 1. The molecule has 4 N–H and O–H groups in total. The standard InChI is InChI=1S/C34H50ClN7O2S/c1-23-17-24(18-29(35)32(23)36)19-30(33(43)41-14-5-26(6-15-41)25-3-10-39(2)11-4-25)37-22-40-12-8-28(9-13-40)42-16-7-27-20-45-21-31(27)38-34(42)44/h17-18,20-21,25-26,28,30,37H,3-16,19,22,36H2,1-2H3,(H,38,44)/t30-/m1/s1. The first-order valence-electron chi connectivity index (χ1n) is 16.9. The highest BCUT2D eigenvalue weighted by atomic mass is 35.5. The number of anilines is 2. The number of nitrogens with zero attached hydrogens (tertiary/aromatic N) is 4. The number of piperidine rings is 3. The average Bonchev–Trinajstić information content (AvgIpc) is 3.42. The Balaban J connectivity index is 1.05.